The minimum atomic E-state index is 0.272. The molecule has 16 heavy (non-hydrogen) atoms. The number of hydrogen-bond acceptors (Lipinski definition) is 3. The molecule has 1 heterocycles. The van der Waals surface area contributed by atoms with Crippen molar-refractivity contribution in [2.24, 2.45) is 0 Å². The van der Waals surface area contributed by atoms with Gasteiger partial charge < -0.3 is 10.2 Å². The van der Waals surface area contributed by atoms with Crippen LogP contribution in [0.5, 0.6) is 0 Å². The van der Waals surface area contributed by atoms with Gasteiger partial charge in [-0.3, -0.25) is 4.90 Å². The van der Waals surface area contributed by atoms with Crippen molar-refractivity contribution < 1.29 is 0 Å². The van der Waals surface area contributed by atoms with E-state index in [4.69, 9.17) is 0 Å². The van der Waals surface area contributed by atoms with Crippen molar-refractivity contribution in [1.29, 1.82) is 0 Å². The highest BCUT2D eigenvalue weighted by Crippen LogP contribution is 2.28. The van der Waals surface area contributed by atoms with Crippen molar-refractivity contribution in [3.63, 3.8) is 0 Å². The molecule has 96 valence electrons. The summed E-state index contributed by atoms with van der Waals surface area (Å²) in [7, 11) is 4.29. The van der Waals surface area contributed by atoms with E-state index in [0.29, 0.717) is 0 Å². The molecule has 0 aromatic rings. The van der Waals surface area contributed by atoms with Crippen molar-refractivity contribution in [3.8, 4) is 0 Å². The molecule has 1 N–H and O–H groups in total. The molecule has 0 amide bonds. The Kier molecular flexibility index (Phi) is 4.38. The van der Waals surface area contributed by atoms with E-state index in [1.54, 1.807) is 0 Å². The smallest absolute Gasteiger partial charge is 0.0283 e. The van der Waals surface area contributed by atoms with Crippen molar-refractivity contribution in [2.45, 2.75) is 45.2 Å². The molecule has 0 aliphatic carbocycles. The summed E-state index contributed by atoms with van der Waals surface area (Å²) in [6.07, 6.45) is 1.25. The molecule has 0 atom stereocenters. The van der Waals surface area contributed by atoms with Gasteiger partial charge in [-0.05, 0) is 54.8 Å². The third kappa shape index (κ3) is 3.44. The predicted molar refractivity (Wildman–Crippen MR) is 70.9 cm³/mol. The summed E-state index contributed by atoms with van der Waals surface area (Å²) < 4.78 is 0. The molecule has 1 aliphatic rings. The molecule has 1 saturated heterocycles. The quantitative estimate of drug-likeness (QED) is 0.783. The van der Waals surface area contributed by atoms with Gasteiger partial charge in [-0.15, -0.1) is 0 Å². The lowest BCUT2D eigenvalue weighted by atomic mass is 9.88. The second-order valence-corrected chi connectivity index (χ2v) is 6.54. The molecule has 3 heteroatoms. The van der Waals surface area contributed by atoms with E-state index in [2.05, 4.69) is 56.9 Å². The van der Waals surface area contributed by atoms with Crippen molar-refractivity contribution in [3.05, 3.63) is 0 Å². The van der Waals surface area contributed by atoms with E-state index in [-0.39, 0.29) is 11.1 Å². The summed E-state index contributed by atoms with van der Waals surface area (Å²) in [5.41, 5.74) is 0.544. The molecule has 0 aromatic heterocycles. The number of nitrogens with zero attached hydrogens (tertiary/aromatic N) is 2. The third-order valence-electron chi connectivity index (χ3n) is 3.56. The van der Waals surface area contributed by atoms with Crippen LogP contribution in [0.25, 0.3) is 0 Å². The van der Waals surface area contributed by atoms with Crippen LogP contribution < -0.4 is 5.32 Å². The van der Waals surface area contributed by atoms with Crippen LogP contribution in [0.4, 0.5) is 0 Å². The van der Waals surface area contributed by atoms with Crippen molar-refractivity contribution >= 4 is 0 Å². The van der Waals surface area contributed by atoms with Crippen LogP contribution in [0.3, 0.4) is 0 Å². The Morgan fingerprint density at radius 2 is 1.56 bits per heavy atom. The van der Waals surface area contributed by atoms with Gasteiger partial charge >= 0.3 is 0 Å². The summed E-state index contributed by atoms with van der Waals surface area (Å²) >= 11 is 0. The minimum absolute atomic E-state index is 0.272. The van der Waals surface area contributed by atoms with Crippen LogP contribution in [-0.4, -0.2) is 61.2 Å². The van der Waals surface area contributed by atoms with Crippen LogP contribution >= 0.6 is 0 Å². The lowest BCUT2D eigenvalue weighted by Crippen LogP contribution is -2.67. The first kappa shape index (κ1) is 13.9. The molecule has 0 saturated carbocycles. The van der Waals surface area contributed by atoms with Crippen LogP contribution in [-0.2, 0) is 0 Å². The molecular weight excluding hydrogens is 198 g/mol. The average molecular weight is 227 g/mol. The zero-order chi connectivity index (χ0) is 12.4. The number of hydrogen-bond donors (Lipinski definition) is 1. The Morgan fingerprint density at radius 1 is 1.06 bits per heavy atom. The van der Waals surface area contributed by atoms with Gasteiger partial charge in [0, 0.05) is 30.7 Å². The van der Waals surface area contributed by atoms with Crippen LogP contribution in [0.2, 0.25) is 0 Å². The monoisotopic (exact) mass is 227 g/mol. The maximum atomic E-state index is 3.54. The number of piperazine rings is 1. The lowest BCUT2D eigenvalue weighted by Gasteiger charge is -2.53. The first-order valence-electron chi connectivity index (χ1n) is 6.39. The normalized spacial score (nSPS) is 24.9. The molecule has 3 nitrogen and oxygen atoms in total. The molecule has 0 aromatic carbocycles. The SMILES string of the molecule is CN(C)CCCN1C(C)(C)CNCC1(C)C. The summed E-state index contributed by atoms with van der Waals surface area (Å²) in [6, 6.07) is 0. The van der Waals surface area contributed by atoms with E-state index in [1.807, 2.05) is 0 Å². The fourth-order valence-electron chi connectivity index (χ4n) is 2.83. The zero-order valence-corrected chi connectivity index (χ0v) is 11.9. The summed E-state index contributed by atoms with van der Waals surface area (Å²) in [6.45, 7) is 13.9. The lowest BCUT2D eigenvalue weighted by molar-refractivity contribution is -0.0146. The van der Waals surface area contributed by atoms with Crippen LogP contribution in [0.15, 0.2) is 0 Å². The Bertz CT molecular complexity index is 205. The van der Waals surface area contributed by atoms with Gasteiger partial charge in [0.2, 0.25) is 0 Å². The fourth-order valence-corrected chi connectivity index (χ4v) is 2.83. The van der Waals surface area contributed by atoms with Crippen LogP contribution in [0, 0.1) is 0 Å². The van der Waals surface area contributed by atoms with E-state index in [9.17, 15) is 0 Å². The van der Waals surface area contributed by atoms with Gasteiger partial charge in [0.05, 0.1) is 0 Å². The molecule has 1 aliphatic heterocycles. The van der Waals surface area contributed by atoms with E-state index in [0.717, 1.165) is 13.1 Å². The second-order valence-electron chi connectivity index (χ2n) is 6.54. The molecule has 0 spiro atoms. The first-order valence-corrected chi connectivity index (χ1v) is 6.39. The van der Waals surface area contributed by atoms with E-state index >= 15 is 0 Å². The Labute approximate surface area is 101 Å². The Balaban J connectivity index is 2.57. The van der Waals surface area contributed by atoms with Gasteiger partial charge in [-0.2, -0.15) is 0 Å². The largest absolute Gasteiger partial charge is 0.313 e. The van der Waals surface area contributed by atoms with Crippen molar-refractivity contribution in [2.75, 3.05) is 40.3 Å². The van der Waals surface area contributed by atoms with Crippen LogP contribution in [0.1, 0.15) is 34.1 Å². The second kappa shape index (κ2) is 5.03. The zero-order valence-electron chi connectivity index (χ0n) is 11.9. The molecule has 1 fully saturated rings. The summed E-state index contributed by atoms with van der Waals surface area (Å²) in [5.74, 6) is 0. The topological polar surface area (TPSA) is 18.5 Å². The van der Waals surface area contributed by atoms with Gasteiger partial charge in [-0.25, -0.2) is 0 Å². The maximum Gasteiger partial charge on any atom is 0.0283 e. The Morgan fingerprint density at radius 3 is 2.00 bits per heavy atom. The van der Waals surface area contributed by atoms with Gasteiger partial charge in [-0.1, -0.05) is 0 Å². The molecule has 0 bridgehead atoms. The summed E-state index contributed by atoms with van der Waals surface area (Å²) in [4.78, 5) is 4.93. The van der Waals surface area contributed by atoms with Gasteiger partial charge in [0.15, 0.2) is 0 Å². The highest BCUT2D eigenvalue weighted by Gasteiger charge is 2.40. The van der Waals surface area contributed by atoms with Gasteiger partial charge in [0.1, 0.15) is 0 Å². The van der Waals surface area contributed by atoms with E-state index in [1.165, 1.54) is 19.5 Å². The molecule has 0 radical (unpaired) electrons. The standard InChI is InChI=1S/C13H29N3/c1-12(2)10-14-11-13(3,4)16(12)9-7-8-15(5)6/h14H,7-11H2,1-6H3. The Hall–Kier alpha value is -0.120. The molecular formula is C13H29N3. The highest BCUT2D eigenvalue weighted by atomic mass is 15.3. The van der Waals surface area contributed by atoms with E-state index < -0.39 is 0 Å². The summed E-state index contributed by atoms with van der Waals surface area (Å²) in [5, 5.41) is 3.54. The highest BCUT2D eigenvalue weighted by molar-refractivity contribution is 4.99. The average Bonchev–Trinajstić information content (AvgIpc) is 2.08. The number of nitrogens with one attached hydrogen (secondary N) is 1. The maximum absolute atomic E-state index is 3.54. The molecule has 1 rings (SSSR count). The predicted octanol–water partition coefficient (Wildman–Crippen LogP) is 1.40. The van der Waals surface area contributed by atoms with Crippen molar-refractivity contribution in [1.82, 2.24) is 15.1 Å². The number of rotatable bonds is 4. The third-order valence-corrected chi connectivity index (χ3v) is 3.56. The van der Waals surface area contributed by atoms with Gasteiger partial charge in [0.25, 0.3) is 0 Å². The minimum Gasteiger partial charge on any atom is -0.313 e. The fraction of sp³-hybridized carbons (Fsp3) is 1.00. The first-order chi connectivity index (χ1) is 7.26. The molecule has 0 unspecified atom stereocenters.